The van der Waals surface area contributed by atoms with Crippen molar-refractivity contribution in [2.24, 2.45) is 5.92 Å². The number of hydrogen-bond acceptors (Lipinski definition) is 9. The number of carbonyl (C=O) groups is 3. The van der Waals surface area contributed by atoms with Crippen molar-refractivity contribution in [3.8, 4) is 23.3 Å². The number of nitrogens with one attached hydrogen (secondary N) is 3. The molecule has 0 radical (unpaired) electrons. The third-order valence-electron chi connectivity index (χ3n) is 6.57. The smallest absolute Gasteiger partial charge is 0.227 e. The van der Waals surface area contributed by atoms with E-state index in [2.05, 4.69) is 30.7 Å². The minimum Gasteiger partial charge on any atom is -0.494 e. The minimum atomic E-state index is -0.972. The summed E-state index contributed by atoms with van der Waals surface area (Å²) < 4.78 is 5.25. The number of amides is 2. The Bertz CT molecular complexity index is 1500. The van der Waals surface area contributed by atoms with Crippen molar-refractivity contribution in [2.75, 3.05) is 0 Å². The SMILES string of the molecule is Cc1c(O)[nH]c(O)c1C(=O)[C@@H](NC(=O)C[C@H](NC(=O)CCc1nc(-c2ccccn2)no1)c1ccccc1)C(C)C. The van der Waals surface area contributed by atoms with Gasteiger partial charge in [-0.1, -0.05) is 55.4 Å². The normalized spacial score (nSPS) is 12.6. The predicted octanol–water partition coefficient (Wildman–Crippen LogP) is 3.38. The summed E-state index contributed by atoms with van der Waals surface area (Å²) in [5.41, 5.74) is 1.37. The molecule has 2 amide bonds. The highest BCUT2D eigenvalue weighted by atomic mass is 16.5. The van der Waals surface area contributed by atoms with Gasteiger partial charge < -0.3 is 25.4 Å². The van der Waals surface area contributed by atoms with Crippen molar-refractivity contribution in [1.29, 1.82) is 0 Å². The van der Waals surface area contributed by atoms with Gasteiger partial charge in [0, 0.05) is 24.6 Å². The molecule has 214 valence electrons. The van der Waals surface area contributed by atoms with Crippen LogP contribution < -0.4 is 10.6 Å². The van der Waals surface area contributed by atoms with E-state index in [0.29, 0.717) is 17.1 Å². The summed E-state index contributed by atoms with van der Waals surface area (Å²) >= 11 is 0. The molecule has 3 heterocycles. The number of benzene rings is 1. The molecule has 0 aliphatic carbocycles. The molecule has 4 aromatic rings. The molecule has 41 heavy (non-hydrogen) atoms. The summed E-state index contributed by atoms with van der Waals surface area (Å²) in [5.74, 6) is -1.84. The molecule has 0 fully saturated rings. The first-order valence-corrected chi connectivity index (χ1v) is 13.2. The Labute approximate surface area is 236 Å². The van der Waals surface area contributed by atoms with Crippen molar-refractivity contribution < 1.29 is 29.1 Å². The highest BCUT2D eigenvalue weighted by Crippen LogP contribution is 2.30. The van der Waals surface area contributed by atoms with Gasteiger partial charge in [-0.15, -0.1) is 0 Å². The number of hydrogen-bond donors (Lipinski definition) is 5. The van der Waals surface area contributed by atoms with Crippen molar-refractivity contribution in [3.63, 3.8) is 0 Å². The lowest BCUT2D eigenvalue weighted by atomic mass is 9.93. The van der Waals surface area contributed by atoms with Crippen LogP contribution in [-0.4, -0.2) is 54.0 Å². The first-order valence-electron chi connectivity index (χ1n) is 13.2. The minimum absolute atomic E-state index is 0.0391. The van der Waals surface area contributed by atoms with Crippen molar-refractivity contribution in [1.82, 2.24) is 30.7 Å². The maximum atomic E-state index is 13.2. The van der Waals surface area contributed by atoms with E-state index in [-0.39, 0.29) is 54.0 Å². The summed E-state index contributed by atoms with van der Waals surface area (Å²) in [6, 6.07) is 12.7. The molecule has 0 saturated carbocycles. The Morgan fingerprint density at radius 2 is 1.71 bits per heavy atom. The largest absolute Gasteiger partial charge is 0.494 e. The highest BCUT2D eigenvalue weighted by Gasteiger charge is 2.31. The van der Waals surface area contributed by atoms with Crippen molar-refractivity contribution in [3.05, 3.63) is 77.3 Å². The lowest BCUT2D eigenvalue weighted by Crippen LogP contribution is -2.45. The molecule has 12 nitrogen and oxygen atoms in total. The second-order valence-corrected chi connectivity index (χ2v) is 9.94. The topological polar surface area (TPSA) is 183 Å². The average molecular weight is 561 g/mol. The molecule has 0 aliphatic heterocycles. The number of aromatic amines is 1. The molecule has 0 unspecified atom stereocenters. The van der Waals surface area contributed by atoms with Crippen LogP contribution in [0.2, 0.25) is 0 Å². The summed E-state index contributed by atoms with van der Waals surface area (Å²) in [7, 11) is 0. The van der Waals surface area contributed by atoms with Gasteiger partial charge in [-0.3, -0.25) is 24.4 Å². The number of H-pyrrole nitrogens is 1. The molecule has 4 rings (SSSR count). The molecule has 0 aliphatic rings. The van der Waals surface area contributed by atoms with Gasteiger partial charge in [0.05, 0.1) is 24.1 Å². The molecule has 0 bridgehead atoms. The summed E-state index contributed by atoms with van der Waals surface area (Å²) in [6.07, 6.45) is 1.71. The second-order valence-electron chi connectivity index (χ2n) is 9.94. The maximum Gasteiger partial charge on any atom is 0.227 e. The number of carbonyl (C=O) groups excluding carboxylic acids is 3. The lowest BCUT2D eigenvalue weighted by molar-refractivity contribution is -0.124. The van der Waals surface area contributed by atoms with Crippen LogP contribution in [0, 0.1) is 12.8 Å². The Morgan fingerprint density at radius 3 is 2.34 bits per heavy atom. The fourth-order valence-corrected chi connectivity index (χ4v) is 4.35. The number of aromatic hydroxyl groups is 2. The Morgan fingerprint density at radius 1 is 0.976 bits per heavy atom. The Kier molecular flexibility index (Phi) is 9.12. The molecule has 3 aromatic heterocycles. The fourth-order valence-electron chi connectivity index (χ4n) is 4.35. The van der Waals surface area contributed by atoms with E-state index < -0.39 is 29.7 Å². The van der Waals surface area contributed by atoms with Crippen LogP contribution in [0.15, 0.2) is 59.3 Å². The fraction of sp³-hybridized carbons (Fsp3) is 0.310. The van der Waals surface area contributed by atoms with Crippen LogP contribution in [-0.2, 0) is 16.0 Å². The van der Waals surface area contributed by atoms with Gasteiger partial charge in [0.25, 0.3) is 0 Å². The van der Waals surface area contributed by atoms with Crippen LogP contribution in [0.4, 0.5) is 0 Å². The Balaban J connectivity index is 1.41. The number of Topliss-reactive ketones (excluding diaryl/α,β-unsaturated/α-hetero) is 1. The molecule has 0 spiro atoms. The zero-order valence-corrected chi connectivity index (χ0v) is 22.9. The maximum absolute atomic E-state index is 13.2. The summed E-state index contributed by atoms with van der Waals surface area (Å²) in [6.45, 7) is 5.01. The van der Waals surface area contributed by atoms with Gasteiger partial charge in [0.2, 0.25) is 29.4 Å². The molecular weight excluding hydrogens is 528 g/mol. The Hall–Kier alpha value is -5.00. The highest BCUT2D eigenvalue weighted by molar-refractivity contribution is 6.05. The van der Waals surface area contributed by atoms with Crippen LogP contribution in [0.5, 0.6) is 11.8 Å². The van der Waals surface area contributed by atoms with Crippen LogP contribution in [0.3, 0.4) is 0 Å². The van der Waals surface area contributed by atoms with Crippen LogP contribution in [0.25, 0.3) is 11.5 Å². The van der Waals surface area contributed by atoms with E-state index in [1.54, 1.807) is 62.5 Å². The third kappa shape index (κ3) is 7.15. The molecular formula is C29H32N6O6. The van der Waals surface area contributed by atoms with E-state index in [0.717, 1.165) is 0 Å². The number of rotatable bonds is 12. The molecule has 12 heteroatoms. The number of aryl methyl sites for hydroxylation is 1. The number of ketones is 1. The predicted molar refractivity (Wildman–Crippen MR) is 148 cm³/mol. The third-order valence-corrected chi connectivity index (χ3v) is 6.57. The first kappa shape index (κ1) is 29.0. The van der Waals surface area contributed by atoms with Gasteiger partial charge >= 0.3 is 0 Å². The van der Waals surface area contributed by atoms with Crippen molar-refractivity contribution in [2.45, 2.75) is 52.1 Å². The molecule has 5 N–H and O–H groups in total. The molecule has 0 saturated heterocycles. The number of nitrogens with zero attached hydrogens (tertiary/aromatic N) is 3. The molecule has 1 aromatic carbocycles. The zero-order valence-electron chi connectivity index (χ0n) is 22.9. The van der Waals surface area contributed by atoms with E-state index >= 15 is 0 Å². The van der Waals surface area contributed by atoms with E-state index in [9.17, 15) is 24.6 Å². The summed E-state index contributed by atoms with van der Waals surface area (Å²) in [4.78, 5) is 50.1. The van der Waals surface area contributed by atoms with Gasteiger partial charge in [0.15, 0.2) is 11.7 Å². The van der Waals surface area contributed by atoms with E-state index in [1.165, 1.54) is 6.92 Å². The lowest BCUT2D eigenvalue weighted by Gasteiger charge is -2.24. The van der Waals surface area contributed by atoms with Crippen LogP contribution >= 0.6 is 0 Å². The van der Waals surface area contributed by atoms with Gasteiger partial charge in [-0.2, -0.15) is 4.98 Å². The van der Waals surface area contributed by atoms with Gasteiger partial charge in [-0.05, 0) is 30.5 Å². The van der Waals surface area contributed by atoms with E-state index in [4.69, 9.17) is 4.52 Å². The standard InChI is InChI=1S/C29H32N6O6/c1-16(2)25(26(38)24-17(3)28(39)34-29(24)40)32-22(37)15-20(18-9-5-4-6-10-18)31-21(36)12-13-23-33-27(35-41-23)19-11-7-8-14-30-19/h4-11,14,16,20,25,34,39-40H,12-13,15H2,1-3H3,(H,31,36)(H,32,37)/t20-,25-/m0/s1. The quantitative estimate of drug-likeness (QED) is 0.162. The molecule has 2 atom stereocenters. The second kappa shape index (κ2) is 12.9. The first-order chi connectivity index (χ1) is 19.6. The summed E-state index contributed by atoms with van der Waals surface area (Å²) in [5, 5.41) is 29.5. The monoisotopic (exact) mass is 560 g/mol. The average Bonchev–Trinajstić information content (AvgIpc) is 3.54. The zero-order chi connectivity index (χ0) is 29.5. The number of pyridine rings is 1. The number of aromatic nitrogens is 4. The van der Waals surface area contributed by atoms with E-state index in [1.807, 2.05) is 6.07 Å². The van der Waals surface area contributed by atoms with Gasteiger partial charge in [0.1, 0.15) is 5.69 Å². The van der Waals surface area contributed by atoms with Crippen LogP contribution in [0.1, 0.15) is 60.1 Å². The van der Waals surface area contributed by atoms with Crippen molar-refractivity contribution >= 4 is 17.6 Å². The van der Waals surface area contributed by atoms with Gasteiger partial charge in [-0.25, -0.2) is 0 Å².